The maximum atomic E-state index is 14.3. The summed E-state index contributed by atoms with van der Waals surface area (Å²) in [6, 6.07) is 3.87. The summed E-state index contributed by atoms with van der Waals surface area (Å²) < 4.78 is 34.4. The fraction of sp³-hybridized carbons (Fsp3) is 0.474. The number of nitrogens with one attached hydrogen (secondary N) is 3. The number of hydrogen-bond acceptors (Lipinski definition) is 6. The summed E-state index contributed by atoms with van der Waals surface area (Å²) in [5.41, 5.74) is 0.171. The molecular formula is C19H25F2N5O. The Balaban J connectivity index is 1.67. The van der Waals surface area contributed by atoms with Crippen LogP contribution in [0.25, 0.3) is 0 Å². The van der Waals surface area contributed by atoms with Crippen LogP contribution in [-0.2, 0) is 0 Å². The van der Waals surface area contributed by atoms with Crippen LogP contribution in [0.2, 0.25) is 0 Å². The highest BCUT2D eigenvalue weighted by Gasteiger charge is 2.16. The topological polar surface area (TPSA) is 71.1 Å². The molecule has 0 atom stereocenters. The van der Waals surface area contributed by atoms with Gasteiger partial charge in [0.05, 0.1) is 11.4 Å². The lowest BCUT2D eigenvalue weighted by molar-refractivity contribution is 0.156. The molecule has 0 radical (unpaired) electrons. The van der Waals surface area contributed by atoms with Gasteiger partial charge in [0.2, 0.25) is 5.88 Å². The molecule has 6 nitrogen and oxygen atoms in total. The quantitative estimate of drug-likeness (QED) is 0.607. The van der Waals surface area contributed by atoms with Gasteiger partial charge in [-0.15, -0.1) is 0 Å². The van der Waals surface area contributed by atoms with Crippen LogP contribution < -0.4 is 20.7 Å². The lowest BCUT2D eigenvalue weighted by Crippen LogP contribution is -2.34. The van der Waals surface area contributed by atoms with Gasteiger partial charge in [0, 0.05) is 24.7 Å². The molecular weight excluding hydrogens is 352 g/mol. The molecule has 2 heterocycles. The number of aromatic nitrogens is 2. The summed E-state index contributed by atoms with van der Waals surface area (Å²) in [7, 11) is 0. The summed E-state index contributed by atoms with van der Waals surface area (Å²) in [5, 5.41) is 8.97. The van der Waals surface area contributed by atoms with Crippen molar-refractivity contribution in [2.24, 2.45) is 0 Å². The smallest absolute Gasteiger partial charge is 0.218 e. The van der Waals surface area contributed by atoms with Gasteiger partial charge >= 0.3 is 0 Å². The standard InChI is InChI=1S/C19H25F2N5O/c1-2-3-6-23-16-9-15(21)17(10-14(16)20)26-18-11-19(25-12-24-18)27-13-4-7-22-8-5-13/h9-13,22-23H,2-8H2,1H3,(H,24,25,26). The van der Waals surface area contributed by atoms with Crippen molar-refractivity contribution in [3.05, 3.63) is 36.2 Å². The fourth-order valence-electron chi connectivity index (χ4n) is 2.87. The Morgan fingerprint density at radius 3 is 2.63 bits per heavy atom. The Hall–Kier alpha value is -2.48. The van der Waals surface area contributed by atoms with Gasteiger partial charge in [-0.05, 0) is 32.4 Å². The summed E-state index contributed by atoms with van der Waals surface area (Å²) in [4.78, 5) is 8.16. The summed E-state index contributed by atoms with van der Waals surface area (Å²) in [6.45, 7) is 4.45. The normalized spacial score (nSPS) is 14.8. The fourth-order valence-corrected chi connectivity index (χ4v) is 2.87. The van der Waals surface area contributed by atoms with E-state index in [-0.39, 0.29) is 17.5 Å². The first-order chi connectivity index (χ1) is 13.2. The third-order valence-corrected chi connectivity index (χ3v) is 4.38. The first-order valence-corrected chi connectivity index (χ1v) is 9.35. The number of nitrogens with zero attached hydrogens (tertiary/aromatic N) is 2. The van der Waals surface area contributed by atoms with Crippen molar-refractivity contribution in [2.45, 2.75) is 38.7 Å². The Bertz CT molecular complexity index is 753. The van der Waals surface area contributed by atoms with Crippen LogP contribution in [0.1, 0.15) is 32.6 Å². The first kappa shape index (κ1) is 19.3. The van der Waals surface area contributed by atoms with Gasteiger partial charge in [-0.25, -0.2) is 18.7 Å². The molecule has 146 valence electrons. The Morgan fingerprint density at radius 1 is 1.11 bits per heavy atom. The second kappa shape index (κ2) is 9.45. The van der Waals surface area contributed by atoms with E-state index >= 15 is 0 Å². The van der Waals surface area contributed by atoms with E-state index in [0.29, 0.717) is 18.2 Å². The molecule has 0 amide bonds. The second-order valence-corrected chi connectivity index (χ2v) is 6.53. The highest BCUT2D eigenvalue weighted by atomic mass is 19.1. The molecule has 1 aromatic carbocycles. The van der Waals surface area contributed by atoms with Gasteiger partial charge in [0.25, 0.3) is 0 Å². The van der Waals surface area contributed by atoms with Crippen molar-refractivity contribution in [3.8, 4) is 5.88 Å². The lowest BCUT2D eigenvalue weighted by atomic mass is 10.1. The van der Waals surface area contributed by atoms with Crippen LogP contribution in [0.3, 0.4) is 0 Å². The number of hydrogen-bond donors (Lipinski definition) is 3. The molecule has 0 bridgehead atoms. The maximum absolute atomic E-state index is 14.3. The molecule has 1 saturated heterocycles. The maximum Gasteiger partial charge on any atom is 0.218 e. The van der Waals surface area contributed by atoms with Gasteiger partial charge in [-0.1, -0.05) is 13.3 Å². The van der Waals surface area contributed by atoms with E-state index in [9.17, 15) is 8.78 Å². The zero-order chi connectivity index (χ0) is 19.1. The van der Waals surface area contributed by atoms with Crippen molar-refractivity contribution in [3.63, 3.8) is 0 Å². The van der Waals surface area contributed by atoms with Crippen LogP contribution in [-0.4, -0.2) is 35.7 Å². The molecule has 3 rings (SSSR count). The minimum Gasteiger partial charge on any atom is -0.474 e. The first-order valence-electron chi connectivity index (χ1n) is 9.35. The van der Waals surface area contributed by atoms with Crippen molar-refractivity contribution in [1.29, 1.82) is 0 Å². The highest BCUT2D eigenvalue weighted by molar-refractivity contribution is 5.62. The number of anilines is 3. The number of piperidine rings is 1. The Kier molecular flexibility index (Phi) is 6.75. The van der Waals surface area contributed by atoms with Gasteiger partial charge in [-0.3, -0.25) is 0 Å². The van der Waals surface area contributed by atoms with E-state index < -0.39 is 11.6 Å². The van der Waals surface area contributed by atoms with Crippen molar-refractivity contribution < 1.29 is 13.5 Å². The van der Waals surface area contributed by atoms with Crippen molar-refractivity contribution in [2.75, 3.05) is 30.3 Å². The van der Waals surface area contributed by atoms with Gasteiger partial charge < -0.3 is 20.7 Å². The van der Waals surface area contributed by atoms with Crippen LogP contribution in [0, 0.1) is 11.6 Å². The zero-order valence-electron chi connectivity index (χ0n) is 15.4. The summed E-state index contributed by atoms with van der Waals surface area (Å²) in [6.07, 6.45) is 5.11. The van der Waals surface area contributed by atoms with E-state index in [1.807, 2.05) is 6.92 Å². The number of benzene rings is 1. The molecule has 1 fully saturated rings. The predicted molar refractivity (Wildman–Crippen MR) is 102 cm³/mol. The molecule has 8 heteroatoms. The average Bonchev–Trinajstić information content (AvgIpc) is 2.67. The molecule has 0 unspecified atom stereocenters. The van der Waals surface area contributed by atoms with Gasteiger partial charge in [0.15, 0.2) is 0 Å². The molecule has 0 aliphatic carbocycles. The van der Waals surface area contributed by atoms with Crippen LogP contribution in [0.5, 0.6) is 5.88 Å². The minimum atomic E-state index is -0.560. The SMILES string of the molecule is CCCCNc1cc(F)c(Nc2cc(OC3CCNCC3)ncn2)cc1F. The average molecular weight is 377 g/mol. The predicted octanol–water partition coefficient (Wildman–Crippen LogP) is 3.84. The van der Waals surface area contributed by atoms with Gasteiger partial charge in [-0.2, -0.15) is 0 Å². The van der Waals surface area contributed by atoms with E-state index in [4.69, 9.17) is 4.74 Å². The van der Waals surface area contributed by atoms with E-state index in [1.165, 1.54) is 6.33 Å². The van der Waals surface area contributed by atoms with E-state index in [0.717, 1.165) is 50.9 Å². The molecule has 1 aliphatic heterocycles. The van der Waals surface area contributed by atoms with Gasteiger partial charge in [0.1, 0.15) is 29.9 Å². The third-order valence-electron chi connectivity index (χ3n) is 4.38. The summed E-state index contributed by atoms with van der Waals surface area (Å²) >= 11 is 0. The molecule has 1 aliphatic rings. The Labute approximate surface area is 157 Å². The molecule has 1 aromatic heterocycles. The van der Waals surface area contributed by atoms with E-state index in [2.05, 4.69) is 25.9 Å². The summed E-state index contributed by atoms with van der Waals surface area (Å²) in [5.74, 6) is -0.317. The second-order valence-electron chi connectivity index (χ2n) is 6.53. The molecule has 27 heavy (non-hydrogen) atoms. The number of unbranched alkanes of at least 4 members (excludes halogenated alkanes) is 1. The highest BCUT2D eigenvalue weighted by Crippen LogP contribution is 2.26. The van der Waals surface area contributed by atoms with E-state index in [1.54, 1.807) is 6.07 Å². The zero-order valence-corrected chi connectivity index (χ0v) is 15.4. The molecule has 0 saturated carbocycles. The molecule has 0 spiro atoms. The number of rotatable bonds is 8. The van der Waals surface area contributed by atoms with Crippen LogP contribution in [0.15, 0.2) is 24.5 Å². The monoisotopic (exact) mass is 377 g/mol. The molecule has 2 aromatic rings. The van der Waals surface area contributed by atoms with Crippen LogP contribution >= 0.6 is 0 Å². The third kappa shape index (κ3) is 5.50. The van der Waals surface area contributed by atoms with Crippen molar-refractivity contribution in [1.82, 2.24) is 15.3 Å². The molecule has 3 N–H and O–H groups in total. The lowest BCUT2D eigenvalue weighted by Gasteiger charge is -2.23. The van der Waals surface area contributed by atoms with Crippen LogP contribution in [0.4, 0.5) is 26.0 Å². The number of halogens is 2. The van der Waals surface area contributed by atoms with Crippen molar-refractivity contribution >= 4 is 17.2 Å². The Morgan fingerprint density at radius 2 is 1.85 bits per heavy atom. The largest absolute Gasteiger partial charge is 0.474 e. The number of ether oxygens (including phenoxy) is 1. The minimum absolute atomic E-state index is 0.0139.